The molecular weight excluding hydrogens is 354 g/mol. The van der Waals surface area contributed by atoms with Crippen LogP contribution in [0.2, 0.25) is 0 Å². The van der Waals surface area contributed by atoms with Crippen molar-refractivity contribution in [3.05, 3.63) is 59.5 Å². The average Bonchev–Trinajstić information content (AvgIpc) is 3.32. The molecular formula is C17H15N5O3S. The predicted molar refractivity (Wildman–Crippen MR) is 95.3 cm³/mol. The molecule has 3 heterocycles. The Morgan fingerprint density at radius 2 is 2.12 bits per heavy atom. The topological polar surface area (TPSA) is 131 Å². The number of rotatable bonds is 7. The summed E-state index contributed by atoms with van der Waals surface area (Å²) in [5.74, 6) is -2.47. The fourth-order valence-corrected chi connectivity index (χ4v) is 3.09. The zero-order valence-electron chi connectivity index (χ0n) is 13.5. The Morgan fingerprint density at radius 1 is 1.27 bits per heavy atom. The number of ketones is 1. The van der Waals surface area contributed by atoms with E-state index in [2.05, 4.69) is 19.7 Å². The molecule has 0 aliphatic carbocycles. The zero-order valence-corrected chi connectivity index (χ0v) is 14.3. The van der Waals surface area contributed by atoms with E-state index in [0.717, 1.165) is 17.1 Å². The van der Waals surface area contributed by atoms with E-state index in [4.69, 9.17) is 5.73 Å². The molecule has 0 saturated heterocycles. The van der Waals surface area contributed by atoms with Gasteiger partial charge < -0.3 is 16.0 Å². The summed E-state index contributed by atoms with van der Waals surface area (Å²) >= 11 is 0.987. The van der Waals surface area contributed by atoms with E-state index >= 15 is 0 Å². The van der Waals surface area contributed by atoms with Gasteiger partial charge in [-0.1, -0.05) is 6.07 Å². The van der Waals surface area contributed by atoms with Gasteiger partial charge in [-0.15, -0.1) is 0 Å². The van der Waals surface area contributed by atoms with E-state index in [1.807, 2.05) is 0 Å². The van der Waals surface area contributed by atoms with Gasteiger partial charge in [-0.2, -0.15) is 4.37 Å². The quantitative estimate of drug-likeness (QED) is 0.533. The van der Waals surface area contributed by atoms with E-state index in [-0.39, 0.29) is 6.42 Å². The number of aromatic nitrogens is 3. The lowest BCUT2D eigenvalue weighted by atomic mass is 10.0. The number of nitrogens with two attached hydrogens (primary N) is 1. The molecule has 0 fully saturated rings. The second-order valence-corrected chi connectivity index (χ2v) is 6.26. The number of Topliss-reactive ketones (excluding diaryl/α,β-unsaturated/α-hetero) is 1. The molecule has 0 aliphatic rings. The van der Waals surface area contributed by atoms with Crippen LogP contribution in [0.1, 0.15) is 15.2 Å². The Kier molecular flexibility index (Phi) is 5.18. The predicted octanol–water partition coefficient (Wildman–Crippen LogP) is 0.929. The fourth-order valence-electron chi connectivity index (χ4n) is 2.43. The summed E-state index contributed by atoms with van der Waals surface area (Å²) in [5, 5.41) is 2.59. The molecule has 4 N–H and O–H groups in total. The Balaban J connectivity index is 1.83. The first-order valence-corrected chi connectivity index (χ1v) is 8.46. The minimum Gasteiger partial charge on any atom is -0.367 e. The van der Waals surface area contributed by atoms with E-state index in [1.54, 1.807) is 49.1 Å². The summed E-state index contributed by atoms with van der Waals surface area (Å²) in [7, 11) is 0. The molecule has 3 aromatic heterocycles. The van der Waals surface area contributed by atoms with Crippen LogP contribution in [0.15, 0.2) is 49.1 Å². The lowest BCUT2D eigenvalue weighted by molar-refractivity contribution is -0.137. The number of primary amides is 1. The molecule has 0 bridgehead atoms. The van der Waals surface area contributed by atoms with Gasteiger partial charge in [0.05, 0.1) is 11.9 Å². The van der Waals surface area contributed by atoms with Gasteiger partial charge in [0.25, 0.3) is 11.8 Å². The number of hydrogen-bond acceptors (Lipinski definition) is 6. The van der Waals surface area contributed by atoms with Gasteiger partial charge in [0.15, 0.2) is 0 Å². The van der Waals surface area contributed by atoms with Crippen LogP contribution < -0.4 is 11.1 Å². The van der Waals surface area contributed by atoms with Gasteiger partial charge in [0.2, 0.25) is 5.78 Å². The van der Waals surface area contributed by atoms with Gasteiger partial charge in [0.1, 0.15) is 10.9 Å². The van der Waals surface area contributed by atoms with Crippen molar-refractivity contribution in [3.8, 4) is 11.3 Å². The number of pyridine rings is 1. The molecule has 2 amide bonds. The molecule has 1 atom stereocenters. The van der Waals surface area contributed by atoms with Crippen LogP contribution in [0.5, 0.6) is 0 Å². The van der Waals surface area contributed by atoms with E-state index in [1.165, 1.54) is 0 Å². The lowest BCUT2D eigenvalue weighted by Gasteiger charge is -2.15. The normalized spacial score (nSPS) is 11.7. The molecule has 3 aromatic rings. The van der Waals surface area contributed by atoms with Crippen LogP contribution in [0.25, 0.3) is 11.3 Å². The number of nitrogens with one attached hydrogen (secondary N) is 2. The number of hydrogen-bond donors (Lipinski definition) is 3. The summed E-state index contributed by atoms with van der Waals surface area (Å²) in [5.41, 5.74) is 7.02. The van der Waals surface area contributed by atoms with Crippen molar-refractivity contribution < 1.29 is 14.4 Å². The van der Waals surface area contributed by atoms with Crippen LogP contribution in [-0.4, -0.2) is 38.0 Å². The third kappa shape index (κ3) is 3.83. The van der Waals surface area contributed by atoms with Crippen LogP contribution in [-0.2, 0) is 16.0 Å². The maximum absolute atomic E-state index is 12.7. The molecule has 26 heavy (non-hydrogen) atoms. The fraction of sp³-hybridized carbons (Fsp3) is 0.118. The lowest BCUT2D eigenvalue weighted by Crippen LogP contribution is -2.47. The summed E-state index contributed by atoms with van der Waals surface area (Å²) in [6.45, 7) is 0. The van der Waals surface area contributed by atoms with Gasteiger partial charge in [-0.05, 0) is 35.3 Å². The summed E-state index contributed by atoms with van der Waals surface area (Å²) in [4.78, 5) is 43.5. The summed E-state index contributed by atoms with van der Waals surface area (Å²) in [6.07, 6.45) is 6.67. The average molecular weight is 369 g/mol. The highest BCUT2D eigenvalue weighted by Crippen LogP contribution is 2.24. The minimum atomic E-state index is -1.10. The monoisotopic (exact) mass is 369 g/mol. The number of amides is 2. The van der Waals surface area contributed by atoms with Crippen LogP contribution in [0, 0.1) is 0 Å². The second kappa shape index (κ2) is 7.70. The SMILES string of the molecule is NC(=O)C(=O)C(Cc1cc[nH]c1)NC(=O)c1sncc1-c1ccccn1. The number of carbonyl (C=O) groups excluding carboxylic acids is 3. The van der Waals surface area contributed by atoms with Crippen molar-refractivity contribution >= 4 is 29.1 Å². The smallest absolute Gasteiger partial charge is 0.287 e. The maximum atomic E-state index is 12.7. The number of H-pyrrole nitrogens is 1. The molecule has 9 heteroatoms. The Labute approximate surface area is 152 Å². The van der Waals surface area contributed by atoms with E-state index in [0.29, 0.717) is 16.1 Å². The van der Waals surface area contributed by atoms with Crippen molar-refractivity contribution in [1.82, 2.24) is 19.7 Å². The van der Waals surface area contributed by atoms with Crippen molar-refractivity contribution in [2.75, 3.05) is 0 Å². The minimum absolute atomic E-state index is 0.148. The third-order valence-corrected chi connectivity index (χ3v) is 4.48. The largest absolute Gasteiger partial charge is 0.367 e. The molecule has 1 unspecified atom stereocenters. The Morgan fingerprint density at radius 3 is 2.77 bits per heavy atom. The standard InChI is InChI=1S/C17H15N5O3S/c18-16(24)14(23)13(7-10-4-6-19-8-10)22-17(25)15-11(9-21-26-15)12-3-1-2-5-20-12/h1-6,8-9,13,19H,7H2,(H2,18,24)(H,22,25). The molecule has 8 nitrogen and oxygen atoms in total. The van der Waals surface area contributed by atoms with Crippen LogP contribution >= 0.6 is 11.5 Å². The van der Waals surface area contributed by atoms with Gasteiger partial charge in [-0.25, -0.2) is 0 Å². The highest BCUT2D eigenvalue weighted by molar-refractivity contribution is 7.08. The van der Waals surface area contributed by atoms with Crippen molar-refractivity contribution in [3.63, 3.8) is 0 Å². The highest BCUT2D eigenvalue weighted by atomic mass is 32.1. The summed E-state index contributed by atoms with van der Waals surface area (Å²) in [6, 6.07) is 6.01. The number of carbonyl (C=O) groups is 3. The van der Waals surface area contributed by atoms with E-state index in [9.17, 15) is 14.4 Å². The van der Waals surface area contributed by atoms with Crippen molar-refractivity contribution in [2.24, 2.45) is 5.73 Å². The Bertz CT molecular complexity index is 921. The number of aromatic amines is 1. The van der Waals surface area contributed by atoms with Crippen molar-refractivity contribution in [1.29, 1.82) is 0 Å². The van der Waals surface area contributed by atoms with Gasteiger partial charge in [-0.3, -0.25) is 19.4 Å². The first kappa shape index (κ1) is 17.5. The van der Waals surface area contributed by atoms with Gasteiger partial charge >= 0.3 is 0 Å². The highest BCUT2D eigenvalue weighted by Gasteiger charge is 2.27. The second-order valence-electron chi connectivity index (χ2n) is 5.46. The molecule has 0 spiro atoms. The van der Waals surface area contributed by atoms with Crippen LogP contribution in [0.3, 0.4) is 0 Å². The molecule has 0 radical (unpaired) electrons. The first-order chi connectivity index (χ1) is 12.6. The van der Waals surface area contributed by atoms with E-state index < -0.39 is 23.6 Å². The van der Waals surface area contributed by atoms with Crippen molar-refractivity contribution in [2.45, 2.75) is 12.5 Å². The van der Waals surface area contributed by atoms with Crippen LogP contribution in [0.4, 0.5) is 0 Å². The molecule has 0 saturated carbocycles. The maximum Gasteiger partial charge on any atom is 0.287 e. The summed E-state index contributed by atoms with van der Waals surface area (Å²) < 4.78 is 4.04. The molecule has 132 valence electrons. The van der Waals surface area contributed by atoms with Gasteiger partial charge in [0, 0.05) is 30.6 Å². The molecule has 3 rings (SSSR count). The molecule has 0 aromatic carbocycles. The zero-order chi connectivity index (χ0) is 18.5. The first-order valence-electron chi connectivity index (χ1n) is 7.68. The molecule has 0 aliphatic heterocycles. The number of nitrogens with zero attached hydrogens (tertiary/aromatic N) is 2. The Hall–Kier alpha value is -3.33. The third-order valence-electron chi connectivity index (χ3n) is 3.68.